The SMILES string of the molecule is CC(C)C(C)CNC(=O)Cc1csc(N)n1. The van der Waals surface area contributed by atoms with Gasteiger partial charge in [-0.05, 0) is 11.8 Å². The van der Waals surface area contributed by atoms with Gasteiger partial charge in [-0.15, -0.1) is 11.3 Å². The highest BCUT2D eigenvalue weighted by Gasteiger charge is 2.10. The van der Waals surface area contributed by atoms with Crippen LogP contribution in [0.4, 0.5) is 5.13 Å². The summed E-state index contributed by atoms with van der Waals surface area (Å²) in [6, 6.07) is 0. The zero-order chi connectivity index (χ0) is 12.1. The summed E-state index contributed by atoms with van der Waals surface area (Å²) in [5, 5.41) is 5.24. The smallest absolute Gasteiger partial charge is 0.226 e. The standard InChI is InChI=1S/C11H19N3OS/c1-7(2)8(3)5-13-10(15)4-9-6-16-11(12)14-9/h6-8H,4-5H2,1-3H3,(H2,12,14)(H,13,15). The molecule has 0 fully saturated rings. The van der Waals surface area contributed by atoms with E-state index < -0.39 is 0 Å². The van der Waals surface area contributed by atoms with Gasteiger partial charge in [-0.25, -0.2) is 4.98 Å². The van der Waals surface area contributed by atoms with Crippen LogP contribution in [0.1, 0.15) is 26.5 Å². The summed E-state index contributed by atoms with van der Waals surface area (Å²) >= 11 is 1.36. The molecule has 0 aliphatic carbocycles. The van der Waals surface area contributed by atoms with E-state index >= 15 is 0 Å². The lowest BCUT2D eigenvalue weighted by molar-refractivity contribution is -0.120. The molecule has 0 aliphatic heterocycles. The molecule has 0 aliphatic rings. The summed E-state index contributed by atoms with van der Waals surface area (Å²) in [5.41, 5.74) is 6.24. The number of amides is 1. The van der Waals surface area contributed by atoms with Gasteiger partial charge in [0.2, 0.25) is 5.91 Å². The third kappa shape index (κ3) is 4.18. The third-order valence-corrected chi connectivity index (χ3v) is 3.39. The van der Waals surface area contributed by atoms with Gasteiger partial charge in [-0.3, -0.25) is 4.79 Å². The van der Waals surface area contributed by atoms with Crippen molar-refractivity contribution in [3.05, 3.63) is 11.1 Å². The second kappa shape index (κ2) is 5.84. The van der Waals surface area contributed by atoms with Crippen molar-refractivity contribution in [3.63, 3.8) is 0 Å². The molecule has 0 spiro atoms. The van der Waals surface area contributed by atoms with Crippen LogP contribution in [0, 0.1) is 11.8 Å². The van der Waals surface area contributed by atoms with E-state index in [0.717, 1.165) is 12.2 Å². The molecule has 1 aromatic rings. The van der Waals surface area contributed by atoms with Gasteiger partial charge in [0.1, 0.15) is 0 Å². The van der Waals surface area contributed by atoms with Crippen molar-refractivity contribution in [1.82, 2.24) is 10.3 Å². The van der Waals surface area contributed by atoms with Crippen LogP contribution in [0.2, 0.25) is 0 Å². The number of aromatic nitrogens is 1. The highest BCUT2D eigenvalue weighted by Crippen LogP contribution is 2.11. The van der Waals surface area contributed by atoms with E-state index in [-0.39, 0.29) is 5.91 Å². The second-order valence-corrected chi connectivity index (χ2v) is 5.27. The van der Waals surface area contributed by atoms with Crippen molar-refractivity contribution in [2.24, 2.45) is 11.8 Å². The first-order valence-electron chi connectivity index (χ1n) is 5.45. The number of carbonyl (C=O) groups excluding carboxylic acids is 1. The Kier molecular flexibility index (Phi) is 4.73. The Labute approximate surface area is 100 Å². The number of nitrogen functional groups attached to an aromatic ring is 1. The van der Waals surface area contributed by atoms with Crippen LogP contribution >= 0.6 is 11.3 Å². The van der Waals surface area contributed by atoms with Crippen molar-refractivity contribution in [1.29, 1.82) is 0 Å². The predicted molar refractivity (Wildman–Crippen MR) is 67.2 cm³/mol. The average Bonchev–Trinajstić information content (AvgIpc) is 2.60. The molecule has 0 saturated heterocycles. The van der Waals surface area contributed by atoms with Crippen LogP contribution in [-0.2, 0) is 11.2 Å². The number of carbonyl (C=O) groups is 1. The fraction of sp³-hybridized carbons (Fsp3) is 0.636. The Morgan fingerprint density at radius 1 is 1.56 bits per heavy atom. The summed E-state index contributed by atoms with van der Waals surface area (Å²) in [4.78, 5) is 15.6. The number of hydrogen-bond acceptors (Lipinski definition) is 4. The van der Waals surface area contributed by atoms with Gasteiger partial charge < -0.3 is 11.1 Å². The number of rotatable bonds is 5. The monoisotopic (exact) mass is 241 g/mol. The molecule has 1 amide bonds. The zero-order valence-corrected chi connectivity index (χ0v) is 10.8. The number of nitrogens with one attached hydrogen (secondary N) is 1. The molecule has 16 heavy (non-hydrogen) atoms. The minimum Gasteiger partial charge on any atom is -0.375 e. The van der Waals surface area contributed by atoms with Gasteiger partial charge in [-0.1, -0.05) is 20.8 Å². The first-order chi connectivity index (χ1) is 7.49. The topological polar surface area (TPSA) is 68.0 Å². The average molecular weight is 241 g/mol. The second-order valence-electron chi connectivity index (χ2n) is 4.38. The molecule has 3 N–H and O–H groups in total. The number of hydrogen-bond donors (Lipinski definition) is 2. The number of anilines is 1. The van der Waals surface area contributed by atoms with Crippen LogP contribution in [0.25, 0.3) is 0 Å². The van der Waals surface area contributed by atoms with Crippen molar-refractivity contribution in [2.45, 2.75) is 27.2 Å². The van der Waals surface area contributed by atoms with Crippen molar-refractivity contribution in [3.8, 4) is 0 Å². The maximum atomic E-state index is 11.6. The molecule has 1 aromatic heterocycles. The lowest BCUT2D eigenvalue weighted by Gasteiger charge is -2.15. The van der Waals surface area contributed by atoms with Crippen molar-refractivity contribution < 1.29 is 4.79 Å². The summed E-state index contributed by atoms with van der Waals surface area (Å²) in [5.74, 6) is 1.08. The van der Waals surface area contributed by atoms with Gasteiger partial charge >= 0.3 is 0 Å². The van der Waals surface area contributed by atoms with E-state index in [4.69, 9.17) is 5.73 Å². The van der Waals surface area contributed by atoms with E-state index in [1.807, 2.05) is 5.38 Å². The molecule has 0 saturated carbocycles. The Morgan fingerprint density at radius 2 is 2.25 bits per heavy atom. The van der Waals surface area contributed by atoms with Crippen LogP contribution in [0.5, 0.6) is 0 Å². The van der Waals surface area contributed by atoms with E-state index in [9.17, 15) is 4.79 Å². The minimum atomic E-state index is 0.0119. The van der Waals surface area contributed by atoms with E-state index in [1.165, 1.54) is 11.3 Å². The largest absolute Gasteiger partial charge is 0.375 e. The Bertz CT molecular complexity index is 349. The molecule has 0 radical (unpaired) electrons. The first kappa shape index (κ1) is 13.0. The number of nitrogens with two attached hydrogens (primary N) is 1. The van der Waals surface area contributed by atoms with Gasteiger partial charge in [0.25, 0.3) is 0 Å². The summed E-state index contributed by atoms with van der Waals surface area (Å²) < 4.78 is 0. The zero-order valence-electron chi connectivity index (χ0n) is 9.99. The molecular formula is C11H19N3OS. The predicted octanol–water partition coefficient (Wildman–Crippen LogP) is 1.68. The fourth-order valence-electron chi connectivity index (χ4n) is 1.14. The molecule has 1 atom stereocenters. The molecule has 1 rings (SSSR count). The molecule has 0 aromatic carbocycles. The minimum absolute atomic E-state index is 0.0119. The molecule has 4 nitrogen and oxygen atoms in total. The maximum Gasteiger partial charge on any atom is 0.226 e. The van der Waals surface area contributed by atoms with Gasteiger partial charge in [0, 0.05) is 11.9 Å². The van der Waals surface area contributed by atoms with E-state index in [2.05, 4.69) is 31.1 Å². The first-order valence-corrected chi connectivity index (χ1v) is 6.33. The van der Waals surface area contributed by atoms with Gasteiger partial charge in [0.05, 0.1) is 12.1 Å². The van der Waals surface area contributed by atoms with Gasteiger partial charge in [0.15, 0.2) is 5.13 Å². The maximum absolute atomic E-state index is 11.6. The summed E-state index contributed by atoms with van der Waals surface area (Å²) in [7, 11) is 0. The van der Waals surface area contributed by atoms with Crippen LogP contribution < -0.4 is 11.1 Å². The molecular weight excluding hydrogens is 222 g/mol. The van der Waals surface area contributed by atoms with E-state index in [0.29, 0.717) is 23.4 Å². The van der Waals surface area contributed by atoms with Crippen molar-refractivity contribution >= 4 is 22.4 Å². The Hall–Kier alpha value is -1.10. The van der Waals surface area contributed by atoms with Crippen LogP contribution in [0.15, 0.2) is 5.38 Å². The lowest BCUT2D eigenvalue weighted by atomic mass is 9.98. The van der Waals surface area contributed by atoms with Crippen molar-refractivity contribution in [2.75, 3.05) is 12.3 Å². The molecule has 0 bridgehead atoms. The quantitative estimate of drug-likeness (QED) is 0.824. The number of thiazole rings is 1. The highest BCUT2D eigenvalue weighted by molar-refractivity contribution is 7.13. The molecule has 5 heteroatoms. The molecule has 1 unspecified atom stereocenters. The number of nitrogens with zero attached hydrogens (tertiary/aromatic N) is 1. The summed E-state index contributed by atoms with van der Waals surface area (Å²) in [6.07, 6.45) is 0.318. The molecule has 90 valence electrons. The van der Waals surface area contributed by atoms with Crippen LogP contribution in [-0.4, -0.2) is 17.4 Å². The van der Waals surface area contributed by atoms with Gasteiger partial charge in [-0.2, -0.15) is 0 Å². The highest BCUT2D eigenvalue weighted by atomic mass is 32.1. The summed E-state index contributed by atoms with van der Waals surface area (Å²) in [6.45, 7) is 7.15. The van der Waals surface area contributed by atoms with Crippen LogP contribution in [0.3, 0.4) is 0 Å². The molecule has 1 heterocycles. The lowest BCUT2D eigenvalue weighted by Crippen LogP contribution is -2.31. The van der Waals surface area contributed by atoms with E-state index in [1.54, 1.807) is 0 Å². The Balaban J connectivity index is 2.31. The fourth-order valence-corrected chi connectivity index (χ4v) is 1.70. The Morgan fingerprint density at radius 3 is 2.75 bits per heavy atom. The third-order valence-electron chi connectivity index (χ3n) is 2.67. The normalized spacial score (nSPS) is 12.8.